The molecule has 124 valence electrons. The molecule has 3 heterocycles. The van der Waals surface area contributed by atoms with E-state index < -0.39 is 5.60 Å². The van der Waals surface area contributed by atoms with E-state index in [4.69, 9.17) is 11.6 Å². The standard InChI is InChI=1S/C19H13ClN2O2S/c20-12-2-4-15-14(9-12)17(23)19(24)6-7-22(18(19)21-15)13-3-1-11-5-8-25-16(11)10-13/h1-5,8-10,24H,6-7H2/t19-/m1/s1. The van der Waals surface area contributed by atoms with Gasteiger partial charge in [0.05, 0.1) is 5.69 Å². The number of aliphatic imine (C=N–C) groups is 1. The Morgan fingerprint density at radius 2 is 2.08 bits per heavy atom. The van der Waals surface area contributed by atoms with Crippen LogP contribution in [-0.4, -0.2) is 28.9 Å². The van der Waals surface area contributed by atoms with E-state index in [0.29, 0.717) is 35.1 Å². The average molecular weight is 369 g/mol. The lowest BCUT2D eigenvalue weighted by molar-refractivity contribution is 0.0602. The predicted octanol–water partition coefficient (Wildman–Crippen LogP) is 4.42. The molecule has 6 heteroatoms. The summed E-state index contributed by atoms with van der Waals surface area (Å²) in [6.45, 7) is 0.541. The molecule has 4 nitrogen and oxygen atoms in total. The smallest absolute Gasteiger partial charge is 0.204 e. The van der Waals surface area contributed by atoms with Crippen LogP contribution in [0.15, 0.2) is 52.8 Å². The fourth-order valence-electron chi connectivity index (χ4n) is 3.57. The van der Waals surface area contributed by atoms with Gasteiger partial charge in [-0.15, -0.1) is 11.3 Å². The van der Waals surface area contributed by atoms with Crippen molar-refractivity contribution in [1.82, 2.24) is 0 Å². The molecular formula is C19H13ClN2O2S. The highest BCUT2D eigenvalue weighted by atomic mass is 35.5. The average Bonchev–Trinajstić information content (AvgIpc) is 3.20. The Bertz CT molecular complexity index is 1070. The molecule has 1 saturated heterocycles. The van der Waals surface area contributed by atoms with Crippen molar-refractivity contribution in [3.8, 4) is 0 Å². The highest BCUT2D eigenvalue weighted by molar-refractivity contribution is 7.17. The molecule has 5 rings (SSSR count). The van der Waals surface area contributed by atoms with Gasteiger partial charge in [-0.1, -0.05) is 17.7 Å². The first-order valence-corrected chi connectivity index (χ1v) is 9.23. The number of nitrogens with zero attached hydrogens (tertiary/aromatic N) is 2. The van der Waals surface area contributed by atoms with Crippen molar-refractivity contribution >= 4 is 56.0 Å². The van der Waals surface area contributed by atoms with Gasteiger partial charge >= 0.3 is 0 Å². The second-order valence-corrected chi connectivity index (χ2v) is 7.71. The third kappa shape index (κ3) is 2.10. The van der Waals surface area contributed by atoms with Crippen molar-refractivity contribution in [3.63, 3.8) is 0 Å². The first-order valence-electron chi connectivity index (χ1n) is 7.97. The van der Waals surface area contributed by atoms with Crippen LogP contribution in [0.5, 0.6) is 0 Å². The Morgan fingerprint density at radius 1 is 1.20 bits per heavy atom. The summed E-state index contributed by atoms with van der Waals surface area (Å²) in [7, 11) is 0. The zero-order chi connectivity index (χ0) is 17.2. The van der Waals surface area contributed by atoms with Crippen LogP contribution in [0.1, 0.15) is 16.8 Å². The van der Waals surface area contributed by atoms with Crippen molar-refractivity contribution in [3.05, 3.63) is 58.4 Å². The lowest BCUT2D eigenvalue weighted by Crippen LogP contribution is -2.48. The molecule has 0 aliphatic carbocycles. The minimum Gasteiger partial charge on any atom is -0.374 e. The van der Waals surface area contributed by atoms with Gasteiger partial charge in [0.1, 0.15) is 5.84 Å². The van der Waals surface area contributed by atoms with Crippen LogP contribution in [0, 0.1) is 0 Å². The molecule has 2 aliphatic heterocycles. The molecule has 0 amide bonds. The van der Waals surface area contributed by atoms with E-state index >= 15 is 0 Å². The number of anilines is 1. The van der Waals surface area contributed by atoms with E-state index in [1.807, 2.05) is 11.0 Å². The fraction of sp³-hybridized carbons (Fsp3) is 0.158. The van der Waals surface area contributed by atoms with Crippen molar-refractivity contribution in [1.29, 1.82) is 0 Å². The first-order chi connectivity index (χ1) is 12.1. The molecule has 2 aliphatic rings. The Hall–Kier alpha value is -2.21. The van der Waals surface area contributed by atoms with E-state index in [2.05, 4.69) is 28.6 Å². The Kier molecular flexibility index (Phi) is 3.10. The molecule has 1 atom stereocenters. The molecule has 0 unspecified atom stereocenters. The molecule has 0 saturated carbocycles. The summed E-state index contributed by atoms with van der Waals surface area (Å²) in [6.07, 6.45) is 0.319. The number of fused-ring (bicyclic) bond motifs is 3. The zero-order valence-electron chi connectivity index (χ0n) is 13.1. The lowest BCUT2D eigenvalue weighted by atomic mass is 9.87. The van der Waals surface area contributed by atoms with Crippen molar-refractivity contribution in [2.45, 2.75) is 12.0 Å². The van der Waals surface area contributed by atoms with Crippen molar-refractivity contribution in [2.24, 2.45) is 4.99 Å². The van der Waals surface area contributed by atoms with Gasteiger partial charge in [0.25, 0.3) is 0 Å². The van der Waals surface area contributed by atoms with Gasteiger partial charge in [-0.3, -0.25) is 4.79 Å². The molecule has 1 fully saturated rings. The Balaban J connectivity index is 1.67. The summed E-state index contributed by atoms with van der Waals surface area (Å²) < 4.78 is 1.17. The maximum atomic E-state index is 12.9. The number of Topliss-reactive ketones (excluding diaryl/α,β-unsaturated/α-hetero) is 1. The van der Waals surface area contributed by atoms with Gasteiger partial charge < -0.3 is 10.0 Å². The first kappa shape index (κ1) is 15.1. The van der Waals surface area contributed by atoms with E-state index in [1.54, 1.807) is 29.5 Å². The molecule has 1 aromatic heterocycles. The Labute approximate surface area is 153 Å². The van der Waals surface area contributed by atoms with Crippen molar-refractivity contribution in [2.75, 3.05) is 11.4 Å². The summed E-state index contributed by atoms with van der Waals surface area (Å²) in [5.74, 6) is 0.0814. The summed E-state index contributed by atoms with van der Waals surface area (Å²) in [5, 5.41) is 14.8. The third-order valence-electron chi connectivity index (χ3n) is 4.88. The van der Waals surface area contributed by atoms with Crippen LogP contribution in [0.25, 0.3) is 10.1 Å². The number of benzene rings is 2. The molecular weight excluding hydrogens is 356 g/mol. The largest absolute Gasteiger partial charge is 0.374 e. The predicted molar refractivity (Wildman–Crippen MR) is 102 cm³/mol. The molecule has 3 aromatic rings. The molecule has 1 N–H and O–H groups in total. The van der Waals surface area contributed by atoms with E-state index in [-0.39, 0.29) is 5.78 Å². The van der Waals surface area contributed by atoms with Crippen LogP contribution in [-0.2, 0) is 0 Å². The van der Waals surface area contributed by atoms with Crippen LogP contribution < -0.4 is 4.90 Å². The molecule has 0 radical (unpaired) electrons. The quantitative estimate of drug-likeness (QED) is 0.691. The van der Waals surface area contributed by atoms with E-state index in [0.717, 1.165) is 5.69 Å². The van der Waals surface area contributed by atoms with Gasteiger partial charge in [-0.2, -0.15) is 0 Å². The van der Waals surface area contributed by atoms with Gasteiger partial charge in [0.15, 0.2) is 5.60 Å². The fourth-order valence-corrected chi connectivity index (χ4v) is 4.56. The van der Waals surface area contributed by atoms with Gasteiger partial charge in [0.2, 0.25) is 5.78 Å². The number of amidine groups is 1. The number of hydrogen-bond donors (Lipinski definition) is 1. The summed E-state index contributed by atoms with van der Waals surface area (Å²) >= 11 is 7.68. The van der Waals surface area contributed by atoms with Crippen LogP contribution >= 0.6 is 22.9 Å². The van der Waals surface area contributed by atoms with E-state index in [9.17, 15) is 9.90 Å². The monoisotopic (exact) mass is 368 g/mol. The number of aliphatic hydroxyl groups is 1. The van der Waals surface area contributed by atoms with Gasteiger partial charge in [-0.25, -0.2) is 4.99 Å². The molecule has 2 aromatic carbocycles. The summed E-state index contributed by atoms with van der Waals surface area (Å²) in [4.78, 5) is 19.5. The number of rotatable bonds is 1. The normalized spacial score (nSPS) is 22.1. The minimum atomic E-state index is -1.58. The van der Waals surface area contributed by atoms with Crippen LogP contribution in [0.2, 0.25) is 5.02 Å². The molecule has 0 bridgehead atoms. The van der Waals surface area contributed by atoms with Crippen LogP contribution in [0.3, 0.4) is 0 Å². The highest BCUT2D eigenvalue weighted by Gasteiger charge is 2.52. The number of halogens is 1. The van der Waals surface area contributed by atoms with E-state index in [1.165, 1.54) is 10.1 Å². The summed E-state index contributed by atoms with van der Waals surface area (Å²) in [5.41, 5.74) is 0.296. The number of carbonyl (C=O) groups is 1. The Morgan fingerprint density at radius 3 is 2.96 bits per heavy atom. The maximum Gasteiger partial charge on any atom is 0.204 e. The zero-order valence-corrected chi connectivity index (χ0v) is 14.6. The molecule has 0 spiro atoms. The number of carbonyl (C=O) groups excluding carboxylic acids is 1. The van der Waals surface area contributed by atoms with Gasteiger partial charge in [-0.05, 0) is 47.2 Å². The van der Waals surface area contributed by atoms with Gasteiger partial charge in [0, 0.05) is 33.9 Å². The number of thiophene rings is 1. The lowest BCUT2D eigenvalue weighted by Gasteiger charge is -2.29. The molecule has 25 heavy (non-hydrogen) atoms. The third-order valence-corrected chi connectivity index (χ3v) is 5.99. The number of ketones is 1. The SMILES string of the molecule is O=C1c2cc(Cl)ccc2N=C2N(c3ccc4ccsc4c3)CC[C@@]12O. The maximum absolute atomic E-state index is 12.9. The second-order valence-electron chi connectivity index (χ2n) is 6.33. The topological polar surface area (TPSA) is 52.9 Å². The number of hydrogen-bond acceptors (Lipinski definition) is 5. The van der Waals surface area contributed by atoms with Crippen LogP contribution in [0.4, 0.5) is 11.4 Å². The highest BCUT2D eigenvalue weighted by Crippen LogP contribution is 2.40. The second kappa shape index (κ2) is 5.14. The minimum absolute atomic E-state index is 0.319. The summed E-state index contributed by atoms with van der Waals surface area (Å²) in [6, 6.07) is 13.2. The van der Waals surface area contributed by atoms with Crippen molar-refractivity contribution < 1.29 is 9.90 Å².